The van der Waals surface area contributed by atoms with E-state index >= 15 is 0 Å². The Hall–Kier alpha value is -3.95. The summed E-state index contributed by atoms with van der Waals surface area (Å²) in [6.45, 7) is 1.36. The Bertz CT molecular complexity index is 1590. The third kappa shape index (κ3) is 4.34. The summed E-state index contributed by atoms with van der Waals surface area (Å²) >= 11 is 1.46. The standard InChI is InChI=1S/C30H32N6O5S/c1-39-22-4-3-20-25(42-28(34-20)36-17-11-18(36)15-41-14-17)24(22)27(38)33-21-13-32-23(40-2)12-19(21)26(37)35-30-8-5-29(16-31,6-9-30)7-10-30/h3-4,12-13,17-18H,5-11,14-15H2,1-2H3,(H,33,38)(H,35,37). The quantitative estimate of drug-likeness (QED) is 0.414. The lowest BCUT2D eigenvalue weighted by Crippen LogP contribution is -2.64. The first-order chi connectivity index (χ1) is 20.4. The van der Waals surface area contributed by atoms with Gasteiger partial charge in [0.05, 0.1) is 78.7 Å². The zero-order valence-corrected chi connectivity index (χ0v) is 24.4. The normalized spacial score (nSPS) is 27.6. The predicted molar refractivity (Wildman–Crippen MR) is 156 cm³/mol. The van der Waals surface area contributed by atoms with Gasteiger partial charge < -0.3 is 29.7 Å². The number of hydrogen-bond donors (Lipinski definition) is 2. The smallest absolute Gasteiger partial charge is 0.261 e. The third-order valence-electron chi connectivity index (χ3n) is 9.57. The van der Waals surface area contributed by atoms with Crippen LogP contribution in [0.15, 0.2) is 24.4 Å². The van der Waals surface area contributed by atoms with Gasteiger partial charge in [-0.1, -0.05) is 11.3 Å². The van der Waals surface area contributed by atoms with Crippen LogP contribution in [-0.4, -0.2) is 66.8 Å². The van der Waals surface area contributed by atoms with Crippen LogP contribution in [0.25, 0.3) is 10.2 Å². The van der Waals surface area contributed by atoms with E-state index in [4.69, 9.17) is 19.2 Å². The van der Waals surface area contributed by atoms with Gasteiger partial charge in [0.1, 0.15) is 11.3 Å². The molecule has 5 aliphatic rings. The summed E-state index contributed by atoms with van der Waals surface area (Å²) in [6.07, 6.45) is 7.13. The van der Waals surface area contributed by atoms with Crippen molar-refractivity contribution < 1.29 is 23.8 Å². The minimum absolute atomic E-state index is 0.260. The Labute approximate surface area is 247 Å². The number of anilines is 2. The Balaban J connectivity index is 1.18. The number of nitrogens with one attached hydrogen (secondary N) is 2. The minimum atomic E-state index is -0.423. The fourth-order valence-electron chi connectivity index (χ4n) is 6.98. The van der Waals surface area contributed by atoms with Crippen molar-refractivity contribution in [2.24, 2.45) is 5.41 Å². The number of morpholine rings is 1. The average Bonchev–Trinajstić information content (AvgIpc) is 3.44. The highest BCUT2D eigenvalue weighted by molar-refractivity contribution is 7.22. The van der Waals surface area contributed by atoms with Crippen LogP contribution >= 0.6 is 11.3 Å². The fourth-order valence-corrected chi connectivity index (χ4v) is 8.22. The molecular weight excluding hydrogens is 556 g/mol. The molecule has 11 nitrogen and oxygen atoms in total. The average molecular weight is 589 g/mol. The van der Waals surface area contributed by atoms with E-state index in [1.165, 1.54) is 31.8 Å². The topological polar surface area (TPSA) is 139 Å². The summed E-state index contributed by atoms with van der Waals surface area (Å²) in [7, 11) is 3.01. The van der Waals surface area contributed by atoms with Gasteiger partial charge in [-0.15, -0.1) is 0 Å². The van der Waals surface area contributed by atoms with Gasteiger partial charge in [0, 0.05) is 11.6 Å². The number of pyridine rings is 1. The number of thiazole rings is 1. The Morgan fingerprint density at radius 1 is 1.10 bits per heavy atom. The van der Waals surface area contributed by atoms with Crippen molar-refractivity contribution in [3.63, 3.8) is 0 Å². The molecule has 3 aromatic rings. The molecule has 2 unspecified atom stereocenters. The summed E-state index contributed by atoms with van der Waals surface area (Å²) < 4.78 is 17.3. The van der Waals surface area contributed by atoms with Gasteiger partial charge in [-0.2, -0.15) is 5.26 Å². The predicted octanol–water partition coefficient (Wildman–Crippen LogP) is 4.28. The number of ether oxygens (including phenoxy) is 3. The van der Waals surface area contributed by atoms with Crippen LogP contribution in [0.2, 0.25) is 0 Å². The van der Waals surface area contributed by atoms with Crippen LogP contribution in [0.1, 0.15) is 65.7 Å². The largest absolute Gasteiger partial charge is 0.496 e. The van der Waals surface area contributed by atoms with E-state index in [-0.39, 0.29) is 34.0 Å². The molecule has 2 aliphatic heterocycles. The van der Waals surface area contributed by atoms with Crippen LogP contribution in [0.5, 0.6) is 11.6 Å². The number of carbonyl (C=O) groups excluding carboxylic acids is 2. The third-order valence-corrected chi connectivity index (χ3v) is 10.7. The number of carbonyl (C=O) groups is 2. The molecule has 4 bridgehead atoms. The number of rotatable bonds is 7. The molecule has 2 atom stereocenters. The molecule has 0 spiro atoms. The molecule has 8 rings (SSSR count). The van der Waals surface area contributed by atoms with Gasteiger partial charge in [-0.3, -0.25) is 9.59 Å². The lowest BCUT2D eigenvalue weighted by atomic mass is 9.58. The van der Waals surface area contributed by atoms with Crippen molar-refractivity contribution in [1.82, 2.24) is 15.3 Å². The van der Waals surface area contributed by atoms with Crippen LogP contribution in [-0.2, 0) is 4.74 Å². The second-order valence-electron chi connectivity index (χ2n) is 11.8. The maximum Gasteiger partial charge on any atom is 0.261 e. The van der Waals surface area contributed by atoms with E-state index in [2.05, 4.69) is 26.6 Å². The summed E-state index contributed by atoms with van der Waals surface area (Å²) in [5.74, 6) is -0.0522. The second-order valence-corrected chi connectivity index (χ2v) is 12.8. The molecule has 12 heteroatoms. The van der Waals surface area contributed by atoms with Gasteiger partial charge in [0.2, 0.25) is 5.88 Å². The number of fused-ring (bicyclic) bond motifs is 6. The number of amides is 2. The number of nitriles is 1. The number of benzene rings is 1. The Morgan fingerprint density at radius 3 is 2.48 bits per heavy atom. The Morgan fingerprint density at radius 2 is 1.83 bits per heavy atom. The number of hydrogen-bond acceptors (Lipinski definition) is 10. The van der Waals surface area contributed by atoms with Crippen molar-refractivity contribution >= 4 is 44.2 Å². The number of nitrogens with zero attached hydrogens (tertiary/aromatic N) is 4. The van der Waals surface area contributed by atoms with Gasteiger partial charge in [0.25, 0.3) is 11.8 Å². The zero-order valence-electron chi connectivity index (χ0n) is 23.6. The van der Waals surface area contributed by atoms with Crippen LogP contribution in [0, 0.1) is 16.7 Å². The molecule has 218 valence electrons. The van der Waals surface area contributed by atoms with Crippen molar-refractivity contribution in [3.05, 3.63) is 35.5 Å². The van der Waals surface area contributed by atoms with E-state index in [1.54, 1.807) is 12.1 Å². The van der Waals surface area contributed by atoms with E-state index in [9.17, 15) is 14.9 Å². The van der Waals surface area contributed by atoms with Crippen molar-refractivity contribution in [3.8, 4) is 17.7 Å². The highest BCUT2D eigenvalue weighted by Gasteiger charge is 2.50. The molecule has 5 fully saturated rings. The van der Waals surface area contributed by atoms with Gasteiger partial charge in [-0.25, -0.2) is 9.97 Å². The van der Waals surface area contributed by atoms with Gasteiger partial charge >= 0.3 is 0 Å². The van der Waals surface area contributed by atoms with Crippen LogP contribution in [0.4, 0.5) is 10.8 Å². The van der Waals surface area contributed by atoms with E-state index in [1.807, 2.05) is 6.07 Å². The van der Waals surface area contributed by atoms with Crippen LogP contribution in [0.3, 0.4) is 0 Å². The first-order valence-electron chi connectivity index (χ1n) is 14.3. The highest BCUT2D eigenvalue weighted by atomic mass is 32.1. The van der Waals surface area contributed by atoms with Crippen molar-refractivity contribution in [2.45, 2.75) is 62.6 Å². The molecule has 42 heavy (non-hydrogen) atoms. The number of methoxy groups -OCH3 is 2. The summed E-state index contributed by atoms with van der Waals surface area (Å²) in [5, 5.41) is 16.7. The first-order valence-corrected chi connectivity index (χ1v) is 15.1. The molecule has 2 aromatic heterocycles. The summed E-state index contributed by atoms with van der Waals surface area (Å²) in [5.41, 5.74) is 0.975. The fraction of sp³-hybridized carbons (Fsp3) is 0.500. The molecule has 2 N–H and O–H groups in total. The van der Waals surface area contributed by atoms with E-state index in [0.717, 1.165) is 50.1 Å². The second kappa shape index (κ2) is 10.1. The lowest BCUT2D eigenvalue weighted by Gasteiger charge is -2.52. The molecule has 3 aliphatic carbocycles. The first kappa shape index (κ1) is 26.9. The SMILES string of the molecule is COc1cc(C(=O)NC23CCC(C#N)(CC2)CC3)c(NC(=O)c2c(OC)ccc3nc(N4C5COCC4C5)sc23)cn1. The molecule has 1 aromatic carbocycles. The summed E-state index contributed by atoms with van der Waals surface area (Å²) in [4.78, 5) is 39.1. The lowest BCUT2D eigenvalue weighted by molar-refractivity contribution is 0.0103. The Kier molecular flexibility index (Phi) is 6.47. The minimum Gasteiger partial charge on any atom is -0.496 e. The van der Waals surface area contributed by atoms with Crippen molar-refractivity contribution in [1.29, 1.82) is 5.26 Å². The molecule has 4 heterocycles. The van der Waals surface area contributed by atoms with E-state index < -0.39 is 5.91 Å². The summed E-state index contributed by atoms with van der Waals surface area (Å²) in [6, 6.07) is 8.26. The highest BCUT2D eigenvalue weighted by Crippen LogP contribution is 2.52. The molecule has 0 radical (unpaired) electrons. The van der Waals surface area contributed by atoms with Crippen molar-refractivity contribution in [2.75, 3.05) is 37.7 Å². The van der Waals surface area contributed by atoms with Gasteiger partial charge in [-0.05, 0) is 57.1 Å². The maximum atomic E-state index is 13.9. The maximum absolute atomic E-state index is 13.9. The van der Waals surface area contributed by atoms with Crippen LogP contribution < -0.4 is 25.0 Å². The van der Waals surface area contributed by atoms with E-state index in [0.29, 0.717) is 46.8 Å². The number of aromatic nitrogens is 2. The molecular formula is C30H32N6O5S. The monoisotopic (exact) mass is 588 g/mol. The molecule has 3 saturated carbocycles. The molecule has 2 saturated heterocycles. The zero-order chi connectivity index (χ0) is 29.1. The molecule has 2 amide bonds. The van der Waals surface area contributed by atoms with Gasteiger partial charge in [0.15, 0.2) is 5.13 Å².